The molecule has 25 heavy (non-hydrogen) atoms. The fourth-order valence-corrected chi connectivity index (χ4v) is 3.69. The number of rotatable bonds is 6. The van der Waals surface area contributed by atoms with Crippen molar-refractivity contribution in [3.05, 3.63) is 78.4 Å². The zero-order chi connectivity index (χ0) is 17.6. The molecule has 1 unspecified atom stereocenters. The first-order valence-corrected chi connectivity index (χ1v) is 8.64. The first-order chi connectivity index (χ1) is 12.2. The summed E-state index contributed by atoms with van der Waals surface area (Å²) < 4.78 is 6.70. The van der Waals surface area contributed by atoms with Crippen molar-refractivity contribution in [2.75, 3.05) is 7.11 Å². The van der Waals surface area contributed by atoms with Crippen LogP contribution in [0, 0.1) is 0 Å². The number of nitrogens with zero attached hydrogens (tertiary/aromatic N) is 2. The van der Waals surface area contributed by atoms with E-state index in [-0.39, 0.29) is 17.0 Å². The molecule has 0 amide bonds. The molecule has 0 saturated carbocycles. The molecule has 0 aliphatic carbocycles. The van der Waals surface area contributed by atoms with Crippen molar-refractivity contribution < 1.29 is 14.6 Å². The molecule has 3 rings (SSSR count). The Bertz CT molecular complexity index is 832. The number of thioether (sulfide) groups is 1. The van der Waals surface area contributed by atoms with Crippen LogP contribution in [-0.2, 0) is 11.3 Å². The number of phenolic OH excluding ortho intramolecular Hbond substituents is 1. The molecule has 6 heteroatoms. The van der Waals surface area contributed by atoms with Gasteiger partial charge in [0.1, 0.15) is 5.75 Å². The van der Waals surface area contributed by atoms with Crippen molar-refractivity contribution >= 4 is 17.7 Å². The Morgan fingerprint density at radius 2 is 2.00 bits per heavy atom. The van der Waals surface area contributed by atoms with Crippen LogP contribution < -0.4 is 0 Å². The highest BCUT2D eigenvalue weighted by Gasteiger charge is 2.18. The zero-order valence-electron chi connectivity index (χ0n) is 13.7. The van der Waals surface area contributed by atoms with Gasteiger partial charge in [-0.25, -0.2) is 9.78 Å². The number of methoxy groups -OCH3 is 1. The van der Waals surface area contributed by atoms with Crippen molar-refractivity contribution in [2.45, 2.75) is 16.7 Å². The number of aromatic hydroxyl groups is 1. The van der Waals surface area contributed by atoms with Crippen LogP contribution in [0.5, 0.6) is 5.75 Å². The highest BCUT2D eigenvalue weighted by Crippen LogP contribution is 2.40. The summed E-state index contributed by atoms with van der Waals surface area (Å²) in [5.74, 6) is -0.0847. The van der Waals surface area contributed by atoms with Gasteiger partial charge in [-0.3, -0.25) is 0 Å². The molecule has 1 heterocycles. The summed E-state index contributed by atoms with van der Waals surface area (Å²) >= 11 is 1.62. The van der Waals surface area contributed by atoms with E-state index in [0.29, 0.717) is 12.1 Å². The Kier molecular flexibility index (Phi) is 5.40. The van der Waals surface area contributed by atoms with Gasteiger partial charge in [-0.15, -0.1) is 11.8 Å². The molecule has 128 valence electrons. The van der Waals surface area contributed by atoms with E-state index in [4.69, 9.17) is 4.74 Å². The molecule has 3 aromatic rings. The summed E-state index contributed by atoms with van der Waals surface area (Å²) in [5, 5.41) is 10.2. The lowest BCUT2D eigenvalue weighted by molar-refractivity contribution is 0.0600. The number of esters is 1. The molecular formula is C19H18N2O3S. The second-order valence-electron chi connectivity index (χ2n) is 5.44. The van der Waals surface area contributed by atoms with Crippen LogP contribution in [0.25, 0.3) is 0 Å². The molecule has 1 atom stereocenters. The molecule has 0 radical (unpaired) electrons. The first kappa shape index (κ1) is 17.1. The predicted molar refractivity (Wildman–Crippen MR) is 96.7 cm³/mol. The Hall–Kier alpha value is -2.73. The average molecular weight is 354 g/mol. The van der Waals surface area contributed by atoms with Gasteiger partial charge in [-0.2, -0.15) is 0 Å². The van der Waals surface area contributed by atoms with Crippen LogP contribution >= 0.6 is 11.8 Å². The zero-order valence-corrected chi connectivity index (χ0v) is 14.5. The van der Waals surface area contributed by atoms with Gasteiger partial charge in [0.25, 0.3) is 0 Å². The minimum absolute atomic E-state index is 0.000577. The Labute approximate surface area is 150 Å². The van der Waals surface area contributed by atoms with Crippen molar-refractivity contribution in [3.8, 4) is 5.75 Å². The lowest BCUT2D eigenvalue weighted by atomic mass is 10.1. The van der Waals surface area contributed by atoms with E-state index in [2.05, 4.69) is 4.98 Å². The summed E-state index contributed by atoms with van der Waals surface area (Å²) in [6, 6.07) is 14.6. The summed E-state index contributed by atoms with van der Waals surface area (Å²) in [5.41, 5.74) is 1.37. The molecule has 0 bridgehead atoms. The Balaban J connectivity index is 1.84. The lowest BCUT2D eigenvalue weighted by Gasteiger charge is -2.19. The molecular weight excluding hydrogens is 336 g/mol. The number of hydrogen-bond donors (Lipinski definition) is 1. The maximum Gasteiger partial charge on any atom is 0.337 e. The van der Waals surface area contributed by atoms with Crippen LogP contribution in [0.1, 0.15) is 21.2 Å². The molecule has 1 N–H and O–H groups in total. The second kappa shape index (κ2) is 7.90. The van der Waals surface area contributed by atoms with Gasteiger partial charge in [0.2, 0.25) is 0 Å². The van der Waals surface area contributed by atoms with Gasteiger partial charge in [0.05, 0.1) is 24.3 Å². The van der Waals surface area contributed by atoms with Gasteiger partial charge in [0, 0.05) is 29.4 Å². The number of aromatic nitrogens is 2. The quantitative estimate of drug-likeness (QED) is 0.537. The highest BCUT2D eigenvalue weighted by atomic mass is 32.2. The molecule has 0 aliphatic heterocycles. The number of carbonyl (C=O) groups excluding carboxylic acids is 1. The number of hydrogen-bond acceptors (Lipinski definition) is 5. The van der Waals surface area contributed by atoms with E-state index in [1.807, 2.05) is 41.1 Å². The number of imidazole rings is 1. The van der Waals surface area contributed by atoms with Crippen molar-refractivity contribution in [1.29, 1.82) is 0 Å². The number of benzene rings is 2. The monoisotopic (exact) mass is 354 g/mol. The highest BCUT2D eigenvalue weighted by molar-refractivity contribution is 7.99. The second-order valence-corrected chi connectivity index (χ2v) is 6.72. The standard InChI is InChI=1S/C19H18N2O3S/c1-24-19(23)14-6-8-15(9-7-14)25-18(12-21-11-10-20-13-21)16-4-2-3-5-17(16)22/h2-11,13,18,22H,12H2,1H3. The van der Waals surface area contributed by atoms with Crippen molar-refractivity contribution in [3.63, 3.8) is 0 Å². The van der Waals surface area contributed by atoms with Crippen LogP contribution in [0.3, 0.4) is 0 Å². The molecule has 5 nitrogen and oxygen atoms in total. The molecule has 0 saturated heterocycles. The molecule has 1 aromatic heterocycles. The molecule has 0 spiro atoms. The van der Waals surface area contributed by atoms with E-state index in [1.165, 1.54) is 7.11 Å². The number of para-hydroxylation sites is 1. The summed E-state index contributed by atoms with van der Waals surface area (Å²) in [7, 11) is 1.37. The minimum Gasteiger partial charge on any atom is -0.508 e. The summed E-state index contributed by atoms with van der Waals surface area (Å²) in [6.07, 6.45) is 5.39. The van der Waals surface area contributed by atoms with Crippen LogP contribution in [-0.4, -0.2) is 27.7 Å². The predicted octanol–water partition coefficient (Wildman–Crippen LogP) is 3.91. The van der Waals surface area contributed by atoms with E-state index in [0.717, 1.165) is 10.5 Å². The Morgan fingerprint density at radius 3 is 2.64 bits per heavy atom. The van der Waals surface area contributed by atoms with Crippen LogP contribution in [0.2, 0.25) is 0 Å². The smallest absolute Gasteiger partial charge is 0.337 e. The fourth-order valence-electron chi connectivity index (χ4n) is 2.50. The summed E-state index contributed by atoms with van der Waals surface area (Å²) in [4.78, 5) is 16.6. The van der Waals surface area contributed by atoms with E-state index >= 15 is 0 Å². The average Bonchev–Trinajstić information content (AvgIpc) is 3.15. The molecule has 0 aliphatic rings. The summed E-state index contributed by atoms with van der Waals surface area (Å²) in [6.45, 7) is 0.668. The SMILES string of the molecule is COC(=O)c1ccc(SC(Cn2ccnc2)c2ccccc2O)cc1. The van der Waals surface area contributed by atoms with E-state index in [1.54, 1.807) is 42.5 Å². The lowest BCUT2D eigenvalue weighted by Crippen LogP contribution is -2.05. The van der Waals surface area contributed by atoms with Crippen molar-refractivity contribution in [2.24, 2.45) is 0 Å². The normalized spacial score (nSPS) is 11.9. The third kappa shape index (κ3) is 4.22. The number of ether oxygens (including phenoxy) is 1. The third-order valence-corrected chi connectivity index (χ3v) is 5.01. The van der Waals surface area contributed by atoms with Gasteiger partial charge in [0.15, 0.2) is 0 Å². The molecule has 2 aromatic carbocycles. The first-order valence-electron chi connectivity index (χ1n) is 7.76. The maximum atomic E-state index is 11.6. The maximum absolute atomic E-state index is 11.6. The third-order valence-electron chi connectivity index (χ3n) is 3.77. The van der Waals surface area contributed by atoms with Gasteiger partial charge >= 0.3 is 5.97 Å². The number of phenols is 1. The molecule has 0 fully saturated rings. The largest absolute Gasteiger partial charge is 0.508 e. The minimum atomic E-state index is -0.354. The van der Waals surface area contributed by atoms with Gasteiger partial charge in [-0.05, 0) is 30.3 Å². The van der Waals surface area contributed by atoms with E-state index < -0.39 is 0 Å². The fraction of sp³-hybridized carbons (Fsp3) is 0.158. The topological polar surface area (TPSA) is 64.4 Å². The Morgan fingerprint density at radius 1 is 1.24 bits per heavy atom. The van der Waals surface area contributed by atoms with Gasteiger partial charge in [-0.1, -0.05) is 18.2 Å². The van der Waals surface area contributed by atoms with E-state index in [9.17, 15) is 9.90 Å². The van der Waals surface area contributed by atoms with Gasteiger partial charge < -0.3 is 14.4 Å². The number of carbonyl (C=O) groups is 1. The van der Waals surface area contributed by atoms with Crippen LogP contribution in [0.15, 0.2) is 72.1 Å². The van der Waals surface area contributed by atoms with Crippen LogP contribution in [0.4, 0.5) is 0 Å². The van der Waals surface area contributed by atoms with Crippen molar-refractivity contribution in [1.82, 2.24) is 9.55 Å².